The number of aliphatic hydroxyl groups is 3. The molecule has 0 spiro atoms. The molecule has 10 nitrogen and oxygen atoms in total. The Bertz CT molecular complexity index is 707. The Hall–Kier alpha value is -1.37. The first-order valence-corrected chi connectivity index (χ1v) is 7.16. The van der Waals surface area contributed by atoms with Gasteiger partial charge in [-0.1, -0.05) is 0 Å². The molecule has 0 bridgehead atoms. The summed E-state index contributed by atoms with van der Waals surface area (Å²) in [5, 5.41) is 43.5. The standard InChI is InChI=1S/C11H14BrN5O5/c1-11(20)6(19)4(2-18)22-10(11)17-9-5(7(12)15-17)8(16-21)13-3-14-9/h3-4,6,10,18-21H,2H2,1H3,(H,13,14,16). The van der Waals surface area contributed by atoms with E-state index in [1.54, 1.807) is 0 Å². The molecular weight excluding hydrogens is 362 g/mol. The molecule has 1 fully saturated rings. The molecule has 1 saturated heterocycles. The monoisotopic (exact) mass is 375 g/mol. The molecule has 1 aliphatic heterocycles. The SMILES string of the molecule is CC1(O)C(O)C(CO)OC1n1nc(Br)c2c(NO)ncnc21. The van der Waals surface area contributed by atoms with Crippen molar-refractivity contribution in [2.45, 2.75) is 31.0 Å². The van der Waals surface area contributed by atoms with Crippen molar-refractivity contribution < 1.29 is 25.3 Å². The van der Waals surface area contributed by atoms with E-state index in [2.05, 4.69) is 31.0 Å². The summed E-state index contributed by atoms with van der Waals surface area (Å²) in [6.07, 6.45) is -2.11. The summed E-state index contributed by atoms with van der Waals surface area (Å²) in [5.41, 5.74) is 0.519. The summed E-state index contributed by atoms with van der Waals surface area (Å²) in [6, 6.07) is 0. The van der Waals surface area contributed by atoms with E-state index in [9.17, 15) is 15.3 Å². The van der Waals surface area contributed by atoms with Gasteiger partial charge in [-0.25, -0.2) is 14.6 Å². The lowest BCUT2D eigenvalue weighted by Gasteiger charge is -2.26. The largest absolute Gasteiger partial charge is 0.394 e. The van der Waals surface area contributed by atoms with Crippen LogP contribution in [0.5, 0.6) is 0 Å². The zero-order valence-corrected chi connectivity index (χ0v) is 13.0. The van der Waals surface area contributed by atoms with Gasteiger partial charge >= 0.3 is 0 Å². The highest BCUT2D eigenvalue weighted by Crippen LogP contribution is 2.40. The van der Waals surface area contributed by atoms with Gasteiger partial charge in [-0.3, -0.25) is 10.7 Å². The molecule has 0 radical (unpaired) electrons. The smallest absolute Gasteiger partial charge is 0.183 e. The predicted octanol–water partition coefficient (Wildman–Crippen LogP) is -0.609. The Labute approximate surface area is 132 Å². The number of anilines is 1. The molecule has 3 rings (SSSR count). The molecule has 4 unspecified atom stereocenters. The minimum absolute atomic E-state index is 0.125. The number of nitrogens with zero attached hydrogens (tertiary/aromatic N) is 4. The molecule has 0 saturated carbocycles. The lowest BCUT2D eigenvalue weighted by atomic mass is 9.97. The zero-order chi connectivity index (χ0) is 16.1. The maximum Gasteiger partial charge on any atom is 0.183 e. The molecule has 120 valence electrons. The summed E-state index contributed by atoms with van der Waals surface area (Å²) in [6.45, 7) is 0.929. The van der Waals surface area contributed by atoms with Crippen molar-refractivity contribution in [2.75, 3.05) is 12.1 Å². The van der Waals surface area contributed by atoms with Crippen LogP contribution < -0.4 is 5.48 Å². The van der Waals surface area contributed by atoms with E-state index in [1.807, 2.05) is 5.48 Å². The van der Waals surface area contributed by atoms with E-state index in [-0.39, 0.29) is 11.5 Å². The van der Waals surface area contributed by atoms with Crippen LogP contribution in [0, 0.1) is 0 Å². The van der Waals surface area contributed by atoms with Crippen LogP contribution in [0.15, 0.2) is 10.9 Å². The molecule has 2 aromatic heterocycles. The van der Waals surface area contributed by atoms with E-state index in [1.165, 1.54) is 17.9 Å². The summed E-state index contributed by atoms with van der Waals surface area (Å²) in [5.74, 6) is 0.125. The molecule has 0 aromatic carbocycles. The number of halogens is 1. The number of fused-ring (bicyclic) bond motifs is 1. The van der Waals surface area contributed by atoms with Crippen LogP contribution in [-0.2, 0) is 4.74 Å². The molecular formula is C11H14BrN5O5. The second-order valence-electron chi connectivity index (χ2n) is 5.15. The number of nitrogens with one attached hydrogen (secondary N) is 1. The van der Waals surface area contributed by atoms with Gasteiger partial charge in [0.05, 0.1) is 12.0 Å². The lowest BCUT2D eigenvalue weighted by molar-refractivity contribution is -0.100. The fraction of sp³-hybridized carbons (Fsp3) is 0.545. The topological polar surface area (TPSA) is 146 Å². The Morgan fingerprint density at radius 1 is 1.50 bits per heavy atom. The molecule has 0 amide bonds. The highest BCUT2D eigenvalue weighted by atomic mass is 79.9. The van der Waals surface area contributed by atoms with Crippen molar-refractivity contribution in [1.29, 1.82) is 0 Å². The summed E-state index contributed by atoms with van der Waals surface area (Å²) in [4.78, 5) is 7.93. The van der Waals surface area contributed by atoms with E-state index in [4.69, 9.17) is 9.94 Å². The first-order valence-electron chi connectivity index (χ1n) is 6.37. The van der Waals surface area contributed by atoms with Crippen LogP contribution in [0.2, 0.25) is 0 Å². The van der Waals surface area contributed by atoms with Crippen molar-refractivity contribution in [1.82, 2.24) is 19.7 Å². The van der Waals surface area contributed by atoms with Gasteiger partial charge in [-0.15, -0.1) is 0 Å². The number of hydrogen-bond acceptors (Lipinski definition) is 9. The van der Waals surface area contributed by atoms with Gasteiger partial charge in [0.1, 0.15) is 28.7 Å². The van der Waals surface area contributed by atoms with Crippen molar-refractivity contribution in [3.05, 3.63) is 10.9 Å². The van der Waals surface area contributed by atoms with E-state index < -0.39 is 30.6 Å². The van der Waals surface area contributed by atoms with E-state index >= 15 is 0 Å². The van der Waals surface area contributed by atoms with Gasteiger partial charge in [0.2, 0.25) is 0 Å². The zero-order valence-electron chi connectivity index (χ0n) is 11.4. The van der Waals surface area contributed by atoms with Gasteiger partial charge in [-0.05, 0) is 22.9 Å². The fourth-order valence-electron chi connectivity index (χ4n) is 2.53. The normalized spacial score (nSPS) is 31.8. The molecule has 11 heteroatoms. The predicted molar refractivity (Wildman–Crippen MR) is 76.1 cm³/mol. The molecule has 2 aromatic rings. The van der Waals surface area contributed by atoms with Crippen LogP contribution in [-0.4, -0.2) is 64.7 Å². The third-order valence-corrected chi connectivity index (χ3v) is 4.26. The molecule has 3 heterocycles. The highest BCUT2D eigenvalue weighted by Gasteiger charge is 2.53. The molecule has 5 N–H and O–H groups in total. The Morgan fingerprint density at radius 2 is 2.23 bits per heavy atom. The Morgan fingerprint density at radius 3 is 2.82 bits per heavy atom. The number of aliphatic hydroxyl groups excluding tert-OH is 2. The number of ether oxygens (including phenoxy) is 1. The van der Waals surface area contributed by atoms with Crippen LogP contribution in [0.4, 0.5) is 5.82 Å². The molecule has 0 aliphatic carbocycles. The Kier molecular flexibility index (Phi) is 3.79. The second-order valence-corrected chi connectivity index (χ2v) is 5.90. The summed E-state index contributed by atoms with van der Waals surface area (Å²) < 4.78 is 7.09. The van der Waals surface area contributed by atoms with Crippen molar-refractivity contribution >= 4 is 32.8 Å². The average Bonchev–Trinajstić information content (AvgIpc) is 2.95. The minimum atomic E-state index is -1.69. The van der Waals surface area contributed by atoms with Crippen molar-refractivity contribution in [3.8, 4) is 0 Å². The molecule has 22 heavy (non-hydrogen) atoms. The minimum Gasteiger partial charge on any atom is -0.394 e. The van der Waals surface area contributed by atoms with Gasteiger partial charge < -0.3 is 20.1 Å². The van der Waals surface area contributed by atoms with Crippen LogP contribution in [0.1, 0.15) is 13.2 Å². The molecule has 1 aliphatic rings. The van der Waals surface area contributed by atoms with Crippen LogP contribution in [0.25, 0.3) is 11.0 Å². The third kappa shape index (κ3) is 2.09. The quantitative estimate of drug-likeness (QED) is 0.443. The van der Waals surface area contributed by atoms with E-state index in [0.29, 0.717) is 9.99 Å². The molecule has 4 atom stereocenters. The fourth-order valence-corrected chi connectivity index (χ4v) is 3.06. The Balaban J connectivity index is 2.15. The summed E-state index contributed by atoms with van der Waals surface area (Å²) >= 11 is 3.23. The first-order chi connectivity index (χ1) is 10.4. The van der Waals surface area contributed by atoms with Crippen LogP contribution >= 0.6 is 15.9 Å². The van der Waals surface area contributed by atoms with Crippen molar-refractivity contribution in [2.24, 2.45) is 0 Å². The van der Waals surface area contributed by atoms with Crippen LogP contribution in [0.3, 0.4) is 0 Å². The van der Waals surface area contributed by atoms with Crippen molar-refractivity contribution in [3.63, 3.8) is 0 Å². The number of hydrogen-bond donors (Lipinski definition) is 5. The lowest BCUT2D eigenvalue weighted by Crippen LogP contribution is -2.44. The second kappa shape index (κ2) is 5.37. The highest BCUT2D eigenvalue weighted by molar-refractivity contribution is 9.10. The first kappa shape index (κ1) is 15.5. The number of rotatable bonds is 3. The summed E-state index contributed by atoms with van der Waals surface area (Å²) in [7, 11) is 0. The maximum atomic E-state index is 10.5. The number of aromatic nitrogens is 4. The van der Waals surface area contributed by atoms with Gasteiger partial charge in [-0.2, -0.15) is 5.10 Å². The maximum absolute atomic E-state index is 10.5. The van der Waals surface area contributed by atoms with Gasteiger partial charge in [0.15, 0.2) is 17.7 Å². The van der Waals surface area contributed by atoms with Gasteiger partial charge in [0, 0.05) is 0 Å². The van der Waals surface area contributed by atoms with Gasteiger partial charge in [0.25, 0.3) is 0 Å². The van der Waals surface area contributed by atoms with E-state index in [0.717, 1.165) is 0 Å². The average molecular weight is 376 g/mol. The third-order valence-electron chi connectivity index (χ3n) is 3.71.